The number of hydrogen-bond acceptors (Lipinski definition) is 4. The van der Waals surface area contributed by atoms with Gasteiger partial charge in [-0.25, -0.2) is 8.42 Å². The van der Waals surface area contributed by atoms with Crippen molar-refractivity contribution in [1.82, 2.24) is 5.16 Å². The lowest BCUT2D eigenvalue weighted by atomic mass is 10.1. The van der Waals surface area contributed by atoms with Crippen LogP contribution >= 0.6 is 11.6 Å². The molecule has 0 atom stereocenters. The lowest BCUT2D eigenvalue weighted by molar-refractivity contribution is 0.388. The molecule has 2 heterocycles. The smallest absolute Gasteiger partial charge is 0.242 e. The van der Waals surface area contributed by atoms with Crippen LogP contribution in [0.4, 0.5) is 5.69 Å². The number of benzene rings is 1. The SMILES string of the molecule is Cc1cc(CS(=O)(=O)N2CCCCc3cc(Cl)ccc32)on1. The topological polar surface area (TPSA) is 63.4 Å². The molecule has 118 valence electrons. The largest absolute Gasteiger partial charge is 0.360 e. The van der Waals surface area contributed by atoms with E-state index in [2.05, 4.69) is 5.16 Å². The average Bonchev–Trinajstić information content (AvgIpc) is 2.72. The van der Waals surface area contributed by atoms with Crippen molar-refractivity contribution in [1.29, 1.82) is 0 Å². The van der Waals surface area contributed by atoms with Gasteiger partial charge in [0.05, 0.1) is 11.4 Å². The Hall–Kier alpha value is -1.53. The number of halogens is 1. The molecule has 0 saturated carbocycles. The quantitative estimate of drug-likeness (QED) is 0.860. The molecule has 1 aromatic heterocycles. The van der Waals surface area contributed by atoms with Crippen LogP contribution in [0.1, 0.15) is 29.9 Å². The summed E-state index contributed by atoms with van der Waals surface area (Å²) in [5.74, 6) is 0.174. The van der Waals surface area contributed by atoms with Crippen LogP contribution in [-0.4, -0.2) is 20.1 Å². The van der Waals surface area contributed by atoms with Gasteiger partial charge in [0.25, 0.3) is 0 Å². The predicted molar refractivity (Wildman–Crippen MR) is 85.6 cm³/mol. The summed E-state index contributed by atoms with van der Waals surface area (Å²) >= 11 is 6.03. The molecule has 3 rings (SSSR count). The second-order valence-electron chi connectivity index (χ2n) is 5.49. The minimum Gasteiger partial charge on any atom is -0.360 e. The number of anilines is 1. The van der Waals surface area contributed by atoms with E-state index in [9.17, 15) is 8.42 Å². The molecule has 1 aliphatic heterocycles. The van der Waals surface area contributed by atoms with E-state index in [4.69, 9.17) is 16.1 Å². The molecule has 0 amide bonds. The summed E-state index contributed by atoms with van der Waals surface area (Å²) in [7, 11) is -3.52. The van der Waals surface area contributed by atoms with Crippen LogP contribution in [-0.2, 0) is 22.2 Å². The molecule has 0 radical (unpaired) electrons. The standard InChI is InChI=1S/C15H17ClN2O3S/c1-11-8-14(21-17-11)10-22(19,20)18-7-3-2-4-12-9-13(16)5-6-15(12)18/h5-6,8-9H,2-4,7,10H2,1H3. The van der Waals surface area contributed by atoms with Gasteiger partial charge < -0.3 is 4.52 Å². The Morgan fingerprint density at radius 3 is 2.86 bits per heavy atom. The number of aromatic nitrogens is 1. The summed E-state index contributed by atoms with van der Waals surface area (Å²) < 4.78 is 32.1. The molecular weight excluding hydrogens is 324 g/mol. The van der Waals surface area contributed by atoms with Gasteiger partial charge in [-0.05, 0) is 49.9 Å². The molecule has 0 saturated heterocycles. The van der Waals surface area contributed by atoms with Crippen molar-refractivity contribution < 1.29 is 12.9 Å². The minimum absolute atomic E-state index is 0.185. The minimum atomic E-state index is -3.52. The number of rotatable bonds is 3. The van der Waals surface area contributed by atoms with Gasteiger partial charge in [0.1, 0.15) is 5.75 Å². The van der Waals surface area contributed by atoms with Crippen LogP contribution in [0, 0.1) is 6.92 Å². The highest BCUT2D eigenvalue weighted by molar-refractivity contribution is 7.92. The van der Waals surface area contributed by atoms with Gasteiger partial charge in [-0.15, -0.1) is 0 Å². The highest BCUT2D eigenvalue weighted by atomic mass is 35.5. The molecule has 0 unspecified atom stereocenters. The zero-order chi connectivity index (χ0) is 15.7. The van der Waals surface area contributed by atoms with E-state index in [0.717, 1.165) is 30.5 Å². The summed E-state index contributed by atoms with van der Waals surface area (Å²) in [6, 6.07) is 7.01. The molecule has 22 heavy (non-hydrogen) atoms. The van der Waals surface area contributed by atoms with E-state index in [-0.39, 0.29) is 5.75 Å². The summed E-state index contributed by atoms with van der Waals surface area (Å²) in [4.78, 5) is 0. The first kappa shape index (κ1) is 15.4. The molecular formula is C15H17ClN2O3S. The number of fused-ring (bicyclic) bond motifs is 1. The van der Waals surface area contributed by atoms with E-state index >= 15 is 0 Å². The van der Waals surface area contributed by atoms with Gasteiger partial charge >= 0.3 is 0 Å². The number of aryl methyl sites for hydroxylation is 2. The Bertz CT molecular complexity index is 786. The zero-order valence-electron chi connectivity index (χ0n) is 12.3. The van der Waals surface area contributed by atoms with Crippen LogP contribution in [0.15, 0.2) is 28.8 Å². The van der Waals surface area contributed by atoms with Gasteiger partial charge in [-0.3, -0.25) is 4.31 Å². The zero-order valence-corrected chi connectivity index (χ0v) is 13.8. The van der Waals surface area contributed by atoms with E-state index in [1.807, 2.05) is 6.07 Å². The molecule has 0 spiro atoms. The molecule has 5 nitrogen and oxygen atoms in total. The van der Waals surface area contributed by atoms with Crippen LogP contribution in [0.2, 0.25) is 5.02 Å². The fourth-order valence-electron chi connectivity index (χ4n) is 2.72. The number of hydrogen-bond donors (Lipinski definition) is 0. The van der Waals surface area contributed by atoms with Crippen molar-refractivity contribution in [3.63, 3.8) is 0 Å². The highest BCUT2D eigenvalue weighted by Gasteiger charge is 2.28. The fraction of sp³-hybridized carbons (Fsp3) is 0.400. The molecule has 0 bridgehead atoms. The van der Waals surface area contributed by atoms with Crippen molar-refractivity contribution in [2.45, 2.75) is 31.9 Å². The summed E-state index contributed by atoms with van der Waals surface area (Å²) in [6.07, 6.45) is 2.60. The lowest BCUT2D eigenvalue weighted by Crippen LogP contribution is -2.32. The molecule has 0 aliphatic carbocycles. The Labute approximate surface area is 134 Å². The maximum atomic E-state index is 12.8. The van der Waals surface area contributed by atoms with Crippen molar-refractivity contribution in [3.05, 3.63) is 46.3 Å². The Morgan fingerprint density at radius 2 is 2.14 bits per heavy atom. The van der Waals surface area contributed by atoms with Gasteiger partial charge in [0.15, 0.2) is 5.76 Å². The van der Waals surface area contributed by atoms with Crippen LogP contribution in [0.25, 0.3) is 0 Å². The van der Waals surface area contributed by atoms with Gasteiger partial charge in [0.2, 0.25) is 10.0 Å². The fourth-order valence-corrected chi connectivity index (χ4v) is 4.45. The predicted octanol–water partition coefficient (Wildman–Crippen LogP) is 3.31. The number of nitrogens with zero attached hydrogens (tertiary/aromatic N) is 2. The second kappa shape index (κ2) is 5.93. The molecule has 0 N–H and O–H groups in total. The molecule has 2 aromatic rings. The van der Waals surface area contributed by atoms with Crippen LogP contribution in [0.5, 0.6) is 0 Å². The monoisotopic (exact) mass is 340 g/mol. The third-order valence-corrected chi connectivity index (χ3v) is 5.64. The van der Waals surface area contributed by atoms with E-state index in [0.29, 0.717) is 23.0 Å². The van der Waals surface area contributed by atoms with Crippen LogP contribution < -0.4 is 4.31 Å². The van der Waals surface area contributed by atoms with E-state index in [1.165, 1.54) is 4.31 Å². The average molecular weight is 341 g/mol. The summed E-state index contributed by atoms with van der Waals surface area (Å²) in [6.45, 7) is 2.24. The lowest BCUT2D eigenvalue weighted by Gasteiger charge is -2.24. The second-order valence-corrected chi connectivity index (χ2v) is 7.82. The first-order chi connectivity index (χ1) is 10.5. The Kier molecular flexibility index (Phi) is 4.14. The first-order valence-electron chi connectivity index (χ1n) is 7.17. The van der Waals surface area contributed by atoms with Crippen molar-refractivity contribution in [2.75, 3.05) is 10.8 Å². The molecule has 1 aliphatic rings. The van der Waals surface area contributed by atoms with Crippen molar-refractivity contribution in [2.24, 2.45) is 0 Å². The maximum absolute atomic E-state index is 12.8. The van der Waals surface area contributed by atoms with E-state index < -0.39 is 10.0 Å². The highest BCUT2D eigenvalue weighted by Crippen LogP contribution is 2.31. The molecule has 7 heteroatoms. The first-order valence-corrected chi connectivity index (χ1v) is 9.15. The molecule has 1 aromatic carbocycles. The third-order valence-electron chi connectivity index (χ3n) is 3.70. The van der Waals surface area contributed by atoms with Crippen molar-refractivity contribution in [3.8, 4) is 0 Å². The maximum Gasteiger partial charge on any atom is 0.242 e. The normalized spacial score (nSPS) is 15.5. The summed E-state index contributed by atoms with van der Waals surface area (Å²) in [5, 5.41) is 4.37. The van der Waals surface area contributed by atoms with Crippen LogP contribution in [0.3, 0.4) is 0 Å². The Morgan fingerprint density at radius 1 is 1.32 bits per heavy atom. The van der Waals surface area contributed by atoms with E-state index in [1.54, 1.807) is 25.1 Å². The van der Waals surface area contributed by atoms with Gasteiger partial charge in [-0.1, -0.05) is 16.8 Å². The van der Waals surface area contributed by atoms with Crippen molar-refractivity contribution >= 4 is 27.3 Å². The molecule has 0 fully saturated rings. The third kappa shape index (κ3) is 3.13. The van der Waals surface area contributed by atoms with Gasteiger partial charge in [0, 0.05) is 17.6 Å². The summed E-state index contributed by atoms with van der Waals surface area (Å²) in [5.41, 5.74) is 2.37. The number of sulfonamides is 1. The van der Waals surface area contributed by atoms with Gasteiger partial charge in [-0.2, -0.15) is 0 Å². The Balaban J connectivity index is 1.96.